The average Bonchev–Trinajstić information content (AvgIpc) is 2.54. The van der Waals surface area contributed by atoms with Crippen LogP contribution < -0.4 is 4.74 Å². The number of aromatic nitrogens is 2. The van der Waals surface area contributed by atoms with Crippen LogP contribution in [0, 0.1) is 0 Å². The first-order valence-corrected chi connectivity index (χ1v) is 6.87. The Hall–Kier alpha value is -2.43. The van der Waals surface area contributed by atoms with Gasteiger partial charge in [-0.2, -0.15) is 0 Å². The zero-order chi connectivity index (χ0) is 15.2. The molecule has 2 aromatic rings. The summed E-state index contributed by atoms with van der Waals surface area (Å²) in [7, 11) is 1.59. The second kappa shape index (κ2) is 6.83. The van der Waals surface area contributed by atoms with E-state index >= 15 is 0 Å². The third kappa shape index (κ3) is 3.18. The Morgan fingerprint density at radius 3 is 2.67 bits per heavy atom. The molecule has 0 N–H and O–H groups in total. The fourth-order valence-electron chi connectivity index (χ4n) is 1.99. The van der Waals surface area contributed by atoms with Gasteiger partial charge >= 0.3 is 5.97 Å². The van der Waals surface area contributed by atoms with Gasteiger partial charge in [0.2, 0.25) is 0 Å². The Bertz CT molecular complexity index is 641. The number of nitrogens with zero attached hydrogens (tertiary/aromatic N) is 2. The number of benzene rings is 1. The lowest BCUT2D eigenvalue weighted by molar-refractivity contribution is 0.0526. The first-order chi connectivity index (χ1) is 10.2. The molecule has 0 atom stereocenters. The van der Waals surface area contributed by atoms with Crippen LogP contribution in [0.5, 0.6) is 5.75 Å². The van der Waals surface area contributed by atoms with Crippen LogP contribution >= 0.6 is 0 Å². The molecule has 0 aliphatic rings. The zero-order valence-corrected chi connectivity index (χ0v) is 12.4. The number of esters is 1. The molecule has 0 aliphatic heterocycles. The van der Waals surface area contributed by atoms with Gasteiger partial charge in [-0.05, 0) is 19.1 Å². The van der Waals surface area contributed by atoms with Crippen molar-refractivity contribution in [3.63, 3.8) is 0 Å². The first-order valence-electron chi connectivity index (χ1n) is 6.87. The maximum absolute atomic E-state index is 12.1. The molecule has 0 unspecified atom stereocenters. The Morgan fingerprint density at radius 2 is 2.00 bits per heavy atom. The number of rotatable bonds is 5. The molecule has 0 radical (unpaired) electrons. The summed E-state index contributed by atoms with van der Waals surface area (Å²) in [6.45, 7) is 4.03. The smallest absolute Gasteiger partial charge is 0.341 e. The number of para-hydroxylation sites is 1. The van der Waals surface area contributed by atoms with Gasteiger partial charge in [-0.1, -0.05) is 19.1 Å². The molecular formula is C16H18N2O3. The Balaban J connectivity index is 2.61. The summed E-state index contributed by atoms with van der Waals surface area (Å²) < 4.78 is 10.4. The lowest BCUT2D eigenvalue weighted by atomic mass is 10.1. The maximum atomic E-state index is 12.1. The van der Waals surface area contributed by atoms with Crippen LogP contribution in [-0.2, 0) is 11.2 Å². The maximum Gasteiger partial charge on any atom is 0.341 e. The van der Waals surface area contributed by atoms with E-state index < -0.39 is 5.97 Å². The fraction of sp³-hybridized carbons (Fsp3) is 0.312. The molecule has 0 fully saturated rings. The molecule has 5 nitrogen and oxygen atoms in total. The van der Waals surface area contributed by atoms with Crippen LogP contribution in [-0.4, -0.2) is 29.7 Å². The third-order valence-electron chi connectivity index (χ3n) is 3.01. The highest BCUT2D eigenvalue weighted by atomic mass is 16.5. The van der Waals surface area contributed by atoms with E-state index in [1.807, 2.05) is 31.2 Å². The predicted molar refractivity (Wildman–Crippen MR) is 79.4 cm³/mol. The summed E-state index contributed by atoms with van der Waals surface area (Å²) in [5.41, 5.74) is 1.64. The summed E-state index contributed by atoms with van der Waals surface area (Å²) in [6, 6.07) is 7.44. The highest BCUT2D eigenvalue weighted by Gasteiger charge is 2.19. The van der Waals surface area contributed by atoms with Gasteiger partial charge < -0.3 is 9.47 Å². The Morgan fingerprint density at radius 1 is 1.24 bits per heavy atom. The van der Waals surface area contributed by atoms with Crippen LogP contribution in [0.1, 0.15) is 30.0 Å². The largest absolute Gasteiger partial charge is 0.496 e. The van der Waals surface area contributed by atoms with Crippen molar-refractivity contribution in [2.45, 2.75) is 20.3 Å². The van der Waals surface area contributed by atoms with Crippen LogP contribution in [0.2, 0.25) is 0 Å². The number of hydrogen-bond donors (Lipinski definition) is 0. The molecule has 110 valence electrons. The third-order valence-corrected chi connectivity index (χ3v) is 3.01. The van der Waals surface area contributed by atoms with Gasteiger partial charge in [-0.15, -0.1) is 0 Å². The minimum Gasteiger partial charge on any atom is -0.496 e. The number of carbonyl (C=O) groups excluding carboxylic acids is 1. The highest BCUT2D eigenvalue weighted by molar-refractivity contribution is 5.96. The van der Waals surface area contributed by atoms with Crippen LogP contribution in [0.4, 0.5) is 0 Å². The van der Waals surface area contributed by atoms with Gasteiger partial charge in [-0.25, -0.2) is 14.8 Å². The van der Waals surface area contributed by atoms with Crippen molar-refractivity contribution in [3.8, 4) is 17.0 Å². The van der Waals surface area contributed by atoms with Crippen molar-refractivity contribution in [1.82, 2.24) is 9.97 Å². The van der Waals surface area contributed by atoms with E-state index in [0.29, 0.717) is 35.9 Å². The number of aryl methyl sites for hydroxylation is 1. The molecule has 5 heteroatoms. The molecule has 0 saturated heterocycles. The molecule has 0 amide bonds. The monoisotopic (exact) mass is 286 g/mol. The second-order valence-electron chi connectivity index (χ2n) is 4.32. The molecule has 0 saturated carbocycles. The molecule has 21 heavy (non-hydrogen) atoms. The quantitative estimate of drug-likeness (QED) is 0.791. The molecule has 2 rings (SSSR count). The average molecular weight is 286 g/mol. The topological polar surface area (TPSA) is 61.3 Å². The van der Waals surface area contributed by atoms with Crippen molar-refractivity contribution in [3.05, 3.63) is 41.9 Å². The molecule has 0 aliphatic carbocycles. The summed E-state index contributed by atoms with van der Waals surface area (Å²) in [4.78, 5) is 20.8. The highest BCUT2D eigenvalue weighted by Crippen LogP contribution is 2.30. The van der Waals surface area contributed by atoms with E-state index in [2.05, 4.69) is 9.97 Å². The fourth-order valence-corrected chi connectivity index (χ4v) is 1.99. The van der Waals surface area contributed by atoms with Gasteiger partial charge in [0.1, 0.15) is 17.1 Å². The summed E-state index contributed by atoms with van der Waals surface area (Å²) in [6.07, 6.45) is 2.21. The second-order valence-corrected chi connectivity index (χ2v) is 4.32. The van der Waals surface area contributed by atoms with E-state index in [0.717, 1.165) is 5.56 Å². The summed E-state index contributed by atoms with van der Waals surface area (Å²) in [5, 5.41) is 0. The van der Waals surface area contributed by atoms with Crippen LogP contribution in [0.25, 0.3) is 11.3 Å². The van der Waals surface area contributed by atoms with E-state index in [1.165, 1.54) is 6.20 Å². The molecule has 1 aromatic heterocycles. The van der Waals surface area contributed by atoms with Gasteiger partial charge in [0.25, 0.3) is 0 Å². The molecular weight excluding hydrogens is 268 g/mol. The van der Waals surface area contributed by atoms with Crippen molar-refractivity contribution in [1.29, 1.82) is 0 Å². The summed E-state index contributed by atoms with van der Waals surface area (Å²) >= 11 is 0. The lowest BCUT2D eigenvalue weighted by Gasteiger charge is -2.12. The van der Waals surface area contributed by atoms with E-state index in [1.54, 1.807) is 14.0 Å². The lowest BCUT2D eigenvalue weighted by Crippen LogP contribution is -2.10. The molecule has 0 spiro atoms. The van der Waals surface area contributed by atoms with Crippen molar-refractivity contribution in [2.75, 3.05) is 13.7 Å². The van der Waals surface area contributed by atoms with Gasteiger partial charge in [0.05, 0.1) is 19.4 Å². The Labute approximate surface area is 124 Å². The molecule has 0 bridgehead atoms. The zero-order valence-electron chi connectivity index (χ0n) is 12.4. The minimum absolute atomic E-state index is 0.305. The van der Waals surface area contributed by atoms with Crippen molar-refractivity contribution < 1.29 is 14.3 Å². The molecule has 1 heterocycles. The standard InChI is InChI=1S/C16H18N2O3/c1-4-14-17-10-12(16(19)21-5-2)15(18-14)11-8-6-7-9-13(11)20-3/h6-10H,4-5H2,1-3H3. The predicted octanol–water partition coefficient (Wildman–Crippen LogP) is 2.89. The van der Waals surface area contributed by atoms with Crippen molar-refractivity contribution in [2.24, 2.45) is 0 Å². The van der Waals surface area contributed by atoms with Gasteiger partial charge in [0.15, 0.2) is 0 Å². The van der Waals surface area contributed by atoms with E-state index in [9.17, 15) is 4.79 Å². The minimum atomic E-state index is -0.430. The SMILES string of the molecule is CCOC(=O)c1cnc(CC)nc1-c1ccccc1OC. The Kier molecular flexibility index (Phi) is 4.87. The van der Waals surface area contributed by atoms with E-state index in [-0.39, 0.29) is 0 Å². The van der Waals surface area contributed by atoms with Crippen LogP contribution in [0.15, 0.2) is 30.5 Å². The number of hydrogen-bond acceptors (Lipinski definition) is 5. The normalized spacial score (nSPS) is 10.2. The molecule has 1 aromatic carbocycles. The van der Waals surface area contributed by atoms with Gasteiger partial charge in [0, 0.05) is 18.2 Å². The van der Waals surface area contributed by atoms with Crippen LogP contribution in [0.3, 0.4) is 0 Å². The number of carbonyl (C=O) groups is 1. The summed E-state index contributed by atoms with van der Waals surface area (Å²) in [5.74, 6) is 0.897. The van der Waals surface area contributed by atoms with Crippen molar-refractivity contribution >= 4 is 5.97 Å². The van der Waals surface area contributed by atoms with Gasteiger partial charge in [-0.3, -0.25) is 0 Å². The number of methoxy groups -OCH3 is 1. The first kappa shape index (κ1) is 15.0. The number of ether oxygens (including phenoxy) is 2. The van der Waals surface area contributed by atoms with E-state index in [4.69, 9.17) is 9.47 Å².